The average Bonchev–Trinajstić information content (AvgIpc) is 2.85. The molecule has 108 valence electrons. The number of furan rings is 1. The molecular formula is C17H21ClO2. The zero-order valence-corrected chi connectivity index (χ0v) is 12.7. The van der Waals surface area contributed by atoms with Crippen molar-refractivity contribution in [2.24, 2.45) is 0 Å². The van der Waals surface area contributed by atoms with Crippen molar-refractivity contribution >= 4 is 28.4 Å². The number of Topliss-reactive ketones (excluding diaryl/α,β-unsaturated/α-hetero) is 1. The van der Waals surface area contributed by atoms with E-state index < -0.39 is 0 Å². The minimum absolute atomic E-state index is 0.0906. The molecule has 0 spiro atoms. The summed E-state index contributed by atoms with van der Waals surface area (Å²) in [5, 5.41) is 1.55. The van der Waals surface area contributed by atoms with Crippen LogP contribution in [0.25, 0.3) is 11.0 Å². The number of halogens is 1. The molecule has 0 bridgehead atoms. The van der Waals surface area contributed by atoms with Gasteiger partial charge in [0, 0.05) is 16.8 Å². The van der Waals surface area contributed by atoms with E-state index in [2.05, 4.69) is 6.92 Å². The summed E-state index contributed by atoms with van der Waals surface area (Å²) in [6, 6.07) is 7.19. The van der Waals surface area contributed by atoms with Gasteiger partial charge < -0.3 is 4.42 Å². The van der Waals surface area contributed by atoms with Gasteiger partial charge in [0.1, 0.15) is 5.58 Å². The van der Waals surface area contributed by atoms with Crippen molar-refractivity contribution in [1.82, 2.24) is 0 Å². The number of hydrogen-bond acceptors (Lipinski definition) is 2. The van der Waals surface area contributed by atoms with Gasteiger partial charge in [-0.25, -0.2) is 0 Å². The predicted octanol–water partition coefficient (Wildman–Crippen LogP) is 6.02. The maximum atomic E-state index is 12.1. The first kappa shape index (κ1) is 15.1. The molecule has 3 heteroatoms. The lowest BCUT2D eigenvalue weighted by Crippen LogP contribution is -1.96. The predicted molar refractivity (Wildman–Crippen MR) is 83.5 cm³/mol. The molecule has 2 nitrogen and oxygen atoms in total. The number of carbonyl (C=O) groups excluding carboxylic acids is 1. The number of ketones is 1. The molecular weight excluding hydrogens is 272 g/mol. The van der Waals surface area contributed by atoms with Crippen molar-refractivity contribution < 1.29 is 9.21 Å². The molecule has 0 N–H and O–H groups in total. The lowest BCUT2D eigenvalue weighted by atomic mass is 10.1. The number of hydrogen-bond donors (Lipinski definition) is 0. The minimum Gasteiger partial charge on any atom is -0.453 e. The van der Waals surface area contributed by atoms with Crippen LogP contribution in [0.1, 0.15) is 62.4 Å². The third-order valence-electron chi connectivity index (χ3n) is 3.51. The third kappa shape index (κ3) is 4.11. The molecule has 0 aliphatic carbocycles. The van der Waals surface area contributed by atoms with Crippen molar-refractivity contribution in [3.8, 4) is 0 Å². The zero-order valence-electron chi connectivity index (χ0n) is 12.0. The zero-order chi connectivity index (χ0) is 14.4. The van der Waals surface area contributed by atoms with E-state index in [9.17, 15) is 4.79 Å². The summed E-state index contributed by atoms with van der Waals surface area (Å²) in [6.45, 7) is 2.21. The number of unbranched alkanes of at least 4 members (excludes halogenated alkanes) is 5. The molecule has 2 rings (SSSR count). The van der Waals surface area contributed by atoms with Gasteiger partial charge in [-0.1, -0.05) is 50.6 Å². The van der Waals surface area contributed by atoms with E-state index >= 15 is 0 Å². The average molecular weight is 293 g/mol. The Balaban J connectivity index is 1.85. The van der Waals surface area contributed by atoms with E-state index in [1.807, 2.05) is 6.07 Å². The Hall–Kier alpha value is -1.28. The van der Waals surface area contributed by atoms with E-state index in [0.717, 1.165) is 23.8 Å². The van der Waals surface area contributed by atoms with Crippen molar-refractivity contribution in [1.29, 1.82) is 0 Å². The number of carbonyl (C=O) groups is 1. The second-order valence-corrected chi connectivity index (χ2v) is 5.67. The van der Waals surface area contributed by atoms with Gasteiger partial charge >= 0.3 is 0 Å². The molecule has 20 heavy (non-hydrogen) atoms. The monoisotopic (exact) mass is 292 g/mol. The molecule has 0 amide bonds. The molecule has 0 fully saturated rings. The smallest absolute Gasteiger partial charge is 0.198 e. The second-order valence-electron chi connectivity index (χ2n) is 5.23. The van der Waals surface area contributed by atoms with E-state index in [-0.39, 0.29) is 5.78 Å². The molecule has 1 aromatic heterocycles. The first-order chi connectivity index (χ1) is 9.70. The molecule has 0 atom stereocenters. The van der Waals surface area contributed by atoms with Gasteiger partial charge in [0.25, 0.3) is 0 Å². The molecule has 0 aliphatic heterocycles. The molecule has 0 unspecified atom stereocenters. The van der Waals surface area contributed by atoms with E-state index in [1.165, 1.54) is 25.7 Å². The number of fused-ring (bicyclic) bond motifs is 1. The Morgan fingerprint density at radius 2 is 1.85 bits per heavy atom. The SMILES string of the molecule is CCCCCCCCC(=O)c1cc2cc(Cl)ccc2o1. The van der Waals surface area contributed by atoms with Crippen molar-refractivity contribution in [2.45, 2.75) is 51.9 Å². The molecule has 1 heterocycles. The third-order valence-corrected chi connectivity index (χ3v) is 3.75. The summed E-state index contributed by atoms with van der Waals surface area (Å²) >= 11 is 5.92. The number of benzene rings is 1. The van der Waals surface area contributed by atoms with Gasteiger partial charge in [0.15, 0.2) is 11.5 Å². The number of rotatable bonds is 8. The Labute approximate surface area is 125 Å². The Kier molecular flexibility index (Phi) is 5.66. The van der Waals surface area contributed by atoms with Gasteiger partial charge in [-0.05, 0) is 30.7 Å². The summed E-state index contributed by atoms with van der Waals surface area (Å²) in [7, 11) is 0. The highest BCUT2D eigenvalue weighted by Gasteiger charge is 2.12. The van der Waals surface area contributed by atoms with Crippen LogP contribution in [-0.2, 0) is 0 Å². The molecule has 0 aliphatic rings. The highest BCUT2D eigenvalue weighted by molar-refractivity contribution is 6.31. The van der Waals surface area contributed by atoms with Gasteiger partial charge in [0.2, 0.25) is 0 Å². The molecule has 0 saturated heterocycles. The minimum atomic E-state index is 0.0906. The Bertz CT molecular complexity index is 571. The molecule has 0 radical (unpaired) electrons. The van der Waals surface area contributed by atoms with Crippen LogP contribution in [0.2, 0.25) is 5.02 Å². The summed E-state index contributed by atoms with van der Waals surface area (Å²) in [5.74, 6) is 0.545. The standard InChI is InChI=1S/C17H21ClO2/c1-2-3-4-5-6-7-8-15(19)17-12-13-11-14(18)9-10-16(13)20-17/h9-12H,2-8H2,1H3. The van der Waals surface area contributed by atoms with Crippen LogP contribution in [0.3, 0.4) is 0 Å². The summed E-state index contributed by atoms with van der Waals surface area (Å²) < 4.78 is 5.57. The van der Waals surface area contributed by atoms with Crippen LogP contribution in [-0.4, -0.2) is 5.78 Å². The van der Waals surface area contributed by atoms with Gasteiger partial charge in [0.05, 0.1) is 0 Å². The van der Waals surface area contributed by atoms with E-state index in [0.29, 0.717) is 17.2 Å². The maximum absolute atomic E-state index is 12.1. The molecule has 0 saturated carbocycles. The van der Waals surface area contributed by atoms with E-state index in [4.69, 9.17) is 16.0 Å². The fraction of sp³-hybridized carbons (Fsp3) is 0.471. The van der Waals surface area contributed by atoms with Crippen LogP contribution < -0.4 is 0 Å². The molecule has 1 aromatic carbocycles. The van der Waals surface area contributed by atoms with Crippen molar-refractivity contribution in [3.63, 3.8) is 0 Å². The second kappa shape index (κ2) is 7.49. The largest absolute Gasteiger partial charge is 0.453 e. The fourth-order valence-corrected chi connectivity index (χ4v) is 2.52. The van der Waals surface area contributed by atoms with Gasteiger partial charge in [-0.3, -0.25) is 4.79 Å². The van der Waals surface area contributed by atoms with Crippen LogP contribution in [0.4, 0.5) is 0 Å². The van der Waals surface area contributed by atoms with Crippen molar-refractivity contribution in [2.75, 3.05) is 0 Å². The lowest BCUT2D eigenvalue weighted by Gasteiger charge is -1.99. The fourth-order valence-electron chi connectivity index (χ4n) is 2.34. The topological polar surface area (TPSA) is 30.2 Å². The highest BCUT2D eigenvalue weighted by atomic mass is 35.5. The van der Waals surface area contributed by atoms with Gasteiger partial charge in [-0.15, -0.1) is 0 Å². The van der Waals surface area contributed by atoms with Crippen LogP contribution >= 0.6 is 11.6 Å². The Morgan fingerprint density at radius 1 is 1.10 bits per heavy atom. The molecule has 2 aromatic rings. The maximum Gasteiger partial charge on any atom is 0.198 e. The first-order valence-corrected chi connectivity index (χ1v) is 7.81. The van der Waals surface area contributed by atoms with Crippen molar-refractivity contribution in [3.05, 3.63) is 35.0 Å². The van der Waals surface area contributed by atoms with Crippen LogP contribution in [0, 0.1) is 0 Å². The van der Waals surface area contributed by atoms with E-state index in [1.54, 1.807) is 18.2 Å². The van der Waals surface area contributed by atoms with Crippen LogP contribution in [0.5, 0.6) is 0 Å². The normalized spacial score (nSPS) is 11.1. The first-order valence-electron chi connectivity index (χ1n) is 7.43. The highest BCUT2D eigenvalue weighted by Crippen LogP contribution is 2.24. The summed E-state index contributed by atoms with van der Waals surface area (Å²) in [4.78, 5) is 12.1. The quantitative estimate of drug-likeness (QED) is 0.440. The summed E-state index contributed by atoms with van der Waals surface area (Å²) in [5.41, 5.74) is 0.723. The lowest BCUT2D eigenvalue weighted by molar-refractivity contribution is 0.0954. The van der Waals surface area contributed by atoms with Crippen LogP contribution in [0.15, 0.2) is 28.7 Å². The van der Waals surface area contributed by atoms with Gasteiger partial charge in [-0.2, -0.15) is 0 Å². The Morgan fingerprint density at radius 3 is 2.65 bits per heavy atom. The summed E-state index contributed by atoms with van der Waals surface area (Å²) in [6.07, 6.45) is 7.67.